The minimum absolute atomic E-state index is 0.0468. The number of aliphatic hydroxyl groups excluding tert-OH is 2. The van der Waals surface area contributed by atoms with Gasteiger partial charge in [0, 0.05) is 13.1 Å². The smallest absolute Gasteiger partial charge is 0.0639 e. The van der Waals surface area contributed by atoms with Crippen LogP contribution in [-0.4, -0.2) is 36.5 Å². The highest BCUT2D eigenvalue weighted by atomic mass is 35.5. The van der Waals surface area contributed by atoms with Crippen molar-refractivity contribution in [3.8, 4) is 0 Å². The highest BCUT2D eigenvalue weighted by Gasteiger charge is 2.07. The normalized spacial score (nSPS) is 10.2. The lowest BCUT2D eigenvalue weighted by Gasteiger charge is -2.23. The van der Waals surface area contributed by atoms with Crippen molar-refractivity contribution >= 4 is 17.3 Å². The van der Waals surface area contributed by atoms with Gasteiger partial charge < -0.3 is 15.1 Å². The average Bonchev–Trinajstić information content (AvgIpc) is 2.18. The zero-order valence-electron chi connectivity index (χ0n) is 7.86. The molecule has 14 heavy (non-hydrogen) atoms. The zero-order chi connectivity index (χ0) is 10.4. The van der Waals surface area contributed by atoms with Crippen LogP contribution in [0, 0.1) is 0 Å². The summed E-state index contributed by atoms with van der Waals surface area (Å²) in [6.45, 7) is 1.05. The van der Waals surface area contributed by atoms with Crippen molar-refractivity contribution in [3.63, 3.8) is 0 Å². The third-order valence-electron chi connectivity index (χ3n) is 1.93. The predicted molar refractivity (Wildman–Crippen MR) is 57.8 cm³/mol. The molecule has 0 amide bonds. The number of para-hydroxylation sites is 1. The van der Waals surface area contributed by atoms with Crippen LogP contribution in [0.4, 0.5) is 5.69 Å². The Bertz CT molecular complexity index is 275. The number of anilines is 1. The quantitative estimate of drug-likeness (QED) is 0.774. The summed E-state index contributed by atoms with van der Waals surface area (Å²) in [5.41, 5.74) is 0.845. The molecule has 0 saturated carbocycles. The van der Waals surface area contributed by atoms with Gasteiger partial charge in [-0.25, -0.2) is 0 Å². The van der Waals surface area contributed by atoms with Gasteiger partial charge in [0.05, 0.1) is 23.9 Å². The van der Waals surface area contributed by atoms with Crippen LogP contribution in [0.5, 0.6) is 0 Å². The molecule has 0 spiro atoms. The maximum absolute atomic E-state index is 8.85. The molecule has 2 N–H and O–H groups in total. The van der Waals surface area contributed by atoms with E-state index in [0.717, 1.165) is 5.69 Å². The number of nitrogens with zero attached hydrogens (tertiary/aromatic N) is 1. The maximum atomic E-state index is 8.85. The molecule has 0 unspecified atom stereocenters. The minimum Gasteiger partial charge on any atom is -0.395 e. The lowest BCUT2D eigenvalue weighted by Crippen LogP contribution is -2.29. The largest absolute Gasteiger partial charge is 0.395 e. The predicted octanol–water partition coefficient (Wildman–Crippen LogP) is 1.13. The monoisotopic (exact) mass is 215 g/mol. The maximum Gasteiger partial charge on any atom is 0.0639 e. The van der Waals surface area contributed by atoms with E-state index in [0.29, 0.717) is 18.1 Å². The number of hydrogen-bond acceptors (Lipinski definition) is 3. The molecule has 78 valence electrons. The Morgan fingerprint density at radius 1 is 1.07 bits per heavy atom. The third kappa shape index (κ3) is 2.87. The number of halogens is 1. The summed E-state index contributed by atoms with van der Waals surface area (Å²) in [6, 6.07) is 7.39. The van der Waals surface area contributed by atoms with Gasteiger partial charge in [-0.1, -0.05) is 23.7 Å². The Kier molecular flexibility index (Phi) is 4.73. The van der Waals surface area contributed by atoms with Crippen LogP contribution >= 0.6 is 11.6 Å². The standard InChI is InChI=1S/C10H14ClNO2/c11-9-3-1-2-4-10(9)12(5-7-13)6-8-14/h1-4,13-14H,5-8H2. The average molecular weight is 216 g/mol. The van der Waals surface area contributed by atoms with Crippen molar-refractivity contribution in [2.24, 2.45) is 0 Å². The fraction of sp³-hybridized carbons (Fsp3) is 0.400. The second kappa shape index (κ2) is 5.86. The topological polar surface area (TPSA) is 43.7 Å². The second-order valence-electron chi connectivity index (χ2n) is 2.89. The fourth-order valence-electron chi connectivity index (χ4n) is 1.30. The molecule has 0 fully saturated rings. The van der Waals surface area contributed by atoms with Crippen LogP contribution in [0.25, 0.3) is 0 Å². The molecule has 1 aromatic carbocycles. The molecule has 1 aromatic rings. The zero-order valence-corrected chi connectivity index (χ0v) is 8.61. The van der Waals surface area contributed by atoms with Crippen LogP contribution in [0.1, 0.15) is 0 Å². The van der Waals surface area contributed by atoms with Crippen LogP contribution in [0.3, 0.4) is 0 Å². The van der Waals surface area contributed by atoms with Gasteiger partial charge in [-0.15, -0.1) is 0 Å². The number of rotatable bonds is 5. The Morgan fingerprint density at radius 3 is 2.14 bits per heavy atom. The fourth-order valence-corrected chi connectivity index (χ4v) is 1.56. The van der Waals surface area contributed by atoms with Crippen LogP contribution < -0.4 is 4.90 Å². The van der Waals surface area contributed by atoms with E-state index in [4.69, 9.17) is 21.8 Å². The molecule has 0 bridgehead atoms. The molecule has 0 aliphatic rings. The van der Waals surface area contributed by atoms with E-state index in [9.17, 15) is 0 Å². The van der Waals surface area contributed by atoms with Crippen LogP contribution in [-0.2, 0) is 0 Å². The SMILES string of the molecule is OCCN(CCO)c1ccccc1Cl. The van der Waals surface area contributed by atoms with Gasteiger partial charge in [-0.2, -0.15) is 0 Å². The van der Waals surface area contributed by atoms with Gasteiger partial charge in [0.25, 0.3) is 0 Å². The first-order chi connectivity index (χ1) is 6.79. The van der Waals surface area contributed by atoms with Crippen molar-refractivity contribution in [2.75, 3.05) is 31.2 Å². The molecule has 0 heterocycles. The molecule has 0 aliphatic carbocycles. The van der Waals surface area contributed by atoms with E-state index in [2.05, 4.69) is 0 Å². The van der Waals surface area contributed by atoms with Crippen LogP contribution in [0.2, 0.25) is 5.02 Å². The van der Waals surface area contributed by atoms with Crippen molar-refractivity contribution < 1.29 is 10.2 Å². The first-order valence-corrected chi connectivity index (χ1v) is 4.88. The molecular weight excluding hydrogens is 202 g/mol. The summed E-state index contributed by atoms with van der Waals surface area (Å²) in [6.07, 6.45) is 0. The highest BCUT2D eigenvalue weighted by molar-refractivity contribution is 6.33. The summed E-state index contributed by atoms with van der Waals surface area (Å²) in [4.78, 5) is 1.85. The van der Waals surface area contributed by atoms with Crippen molar-refractivity contribution in [1.29, 1.82) is 0 Å². The minimum atomic E-state index is 0.0468. The molecule has 1 rings (SSSR count). The van der Waals surface area contributed by atoms with E-state index in [1.807, 2.05) is 23.1 Å². The number of benzene rings is 1. The number of aliphatic hydroxyl groups is 2. The van der Waals surface area contributed by atoms with Crippen molar-refractivity contribution in [3.05, 3.63) is 29.3 Å². The lowest BCUT2D eigenvalue weighted by atomic mass is 10.3. The van der Waals surface area contributed by atoms with Crippen LogP contribution in [0.15, 0.2) is 24.3 Å². The third-order valence-corrected chi connectivity index (χ3v) is 2.25. The van der Waals surface area contributed by atoms with Crippen molar-refractivity contribution in [1.82, 2.24) is 0 Å². The highest BCUT2D eigenvalue weighted by Crippen LogP contribution is 2.24. The lowest BCUT2D eigenvalue weighted by molar-refractivity contribution is 0.281. The molecule has 0 radical (unpaired) electrons. The Hall–Kier alpha value is -0.770. The van der Waals surface area contributed by atoms with Gasteiger partial charge in [-0.05, 0) is 12.1 Å². The van der Waals surface area contributed by atoms with Gasteiger partial charge >= 0.3 is 0 Å². The van der Waals surface area contributed by atoms with E-state index in [1.165, 1.54) is 0 Å². The van der Waals surface area contributed by atoms with Crippen molar-refractivity contribution in [2.45, 2.75) is 0 Å². The summed E-state index contributed by atoms with van der Waals surface area (Å²) in [5.74, 6) is 0. The number of hydrogen-bond donors (Lipinski definition) is 2. The second-order valence-corrected chi connectivity index (χ2v) is 3.29. The van der Waals surface area contributed by atoms with Gasteiger partial charge in [0.15, 0.2) is 0 Å². The summed E-state index contributed by atoms with van der Waals surface area (Å²) in [5, 5.41) is 18.3. The summed E-state index contributed by atoms with van der Waals surface area (Å²) >= 11 is 5.99. The molecule has 4 heteroatoms. The molecule has 3 nitrogen and oxygen atoms in total. The Morgan fingerprint density at radius 2 is 1.64 bits per heavy atom. The van der Waals surface area contributed by atoms with Gasteiger partial charge in [0.1, 0.15) is 0 Å². The van der Waals surface area contributed by atoms with Gasteiger partial charge in [-0.3, -0.25) is 0 Å². The molecular formula is C10H14ClNO2. The van der Waals surface area contributed by atoms with Gasteiger partial charge in [0.2, 0.25) is 0 Å². The van der Waals surface area contributed by atoms with E-state index < -0.39 is 0 Å². The van der Waals surface area contributed by atoms with E-state index >= 15 is 0 Å². The molecule has 0 aliphatic heterocycles. The first kappa shape index (κ1) is 11.3. The summed E-state index contributed by atoms with van der Waals surface area (Å²) in [7, 11) is 0. The molecule has 0 aromatic heterocycles. The van der Waals surface area contributed by atoms with E-state index in [-0.39, 0.29) is 13.2 Å². The first-order valence-electron chi connectivity index (χ1n) is 4.50. The Balaban J connectivity index is 2.81. The molecule has 0 atom stereocenters. The Labute approximate surface area is 88.5 Å². The molecule has 0 saturated heterocycles. The summed E-state index contributed by atoms with van der Waals surface area (Å²) < 4.78 is 0. The van der Waals surface area contributed by atoms with E-state index in [1.54, 1.807) is 6.07 Å².